The molecule has 0 radical (unpaired) electrons. The third kappa shape index (κ3) is 4.54. The highest BCUT2D eigenvalue weighted by Gasteiger charge is 2.12. The molecule has 7 nitrogen and oxygen atoms in total. The monoisotopic (exact) mass is 420 g/mol. The highest BCUT2D eigenvalue weighted by atomic mass is 32.2. The number of rotatable bonds is 8. The third-order valence-corrected chi connectivity index (χ3v) is 5.89. The van der Waals surface area contributed by atoms with Crippen LogP contribution >= 0.6 is 11.8 Å². The van der Waals surface area contributed by atoms with Gasteiger partial charge in [-0.1, -0.05) is 54.2 Å². The van der Waals surface area contributed by atoms with Gasteiger partial charge in [0.05, 0.1) is 23.3 Å². The number of hydrogen-bond donors (Lipinski definition) is 1. The van der Waals surface area contributed by atoms with Crippen molar-refractivity contribution < 1.29 is 4.79 Å². The van der Waals surface area contributed by atoms with Crippen LogP contribution in [-0.2, 0) is 17.9 Å². The minimum Gasteiger partial charge on any atom is -0.354 e. The molecular weight excluding hydrogens is 396 g/mol. The predicted molar refractivity (Wildman–Crippen MR) is 119 cm³/mol. The van der Waals surface area contributed by atoms with Crippen molar-refractivity contribution >= 4 is 28.7 Å². The van der Waals surface area contributed by atoms with Crippen LogP contribution in [0.1, 0.15) is 17.2 Å². The van der Waals surface area contributed by atoms with Crippen molar-refractivity contribution in [1.29, 1.82) is 0 Å². The maximum Gasteiger partial charge on any atom is 0.230 e. The van der Waals surface area contributed by atoms with E-state index in [1.807, 2.05) is 54.8 Å². The second kappa shape index (κ2) is 9.13. The summed E-state index contributed by atoms with van der Waals surface area (Å²) in [5.74, 6) is 2.07. The predicted octanol–water partition coefficient (Wildman–Crippen LogP) is 3.20. The van der Waals surface area contributed by atoms with Crippen molar-refractivity contribution in [2.24, 2.45) is 0 Å². The summed E-state index contributed by atoms with van der Waals surface area (Å²) in [7, 11) is 0. The van der Waals surface area contributed by atoms with Crippen LogP contribution in [0.4, 0.5) is 0 Å². The number of aromatic nitrogens is 5. The maximum absolute atomic E-state index is 12.4. The molecule has 0 unspecified atom stereocenters. The van der Waals surface area contributed by atoms with Gasteiger partial charge in [0.1, 0.15) is 11.6 Å². The molecule has 8 heteroatoms. The van der Waals surface area contributed by atoms with Crippen molar-refractivity contribution in [3.8, 4) is 0 Å². The first-order valence-corrected chi connectivity index (χ1v) is 10.9. The van der Waals surface area contributed by atoms with Gasteiger partial charge in [-0.05, 0) is 31.5 Å². The number of nitrogens with one attached hydrogen (secondary N) is 1. The van der Waals surface area contributed by atoms with Gasteiger partial charge in [-0.3, -0.25) is 4.79 Å². The zero-order valence-corrected chi connectivity index (χ0v) is 17.9. The van der Waals surface area contributed by atoms with Gasteiger partial charge in [-0.25, -0.2) is 4.98 Å². The van der Waals surface area contributed by atoms with Crippen molar-refractivity contribution in [3.05, 3.63) is 71.8 Å². The van der Waals surface area contributed by atoms with Gasteiger partial charge in [0.25, 0.3) is 0 Å². The minimum absolute atomic E-state index is 0.0195. The Labute approximate surface area is 179 Å². The number of nitrogens with zero attached hydrogens (tertiary/aromatic N) is 5. The highest BCUT2D eigenvalue weighted by Crippen LogP contribution is 2.18. The Morgan fingerprint density at radius 1 is 0.967 bits per heavy atom. The maximum atomic E-state index is 12.4. The Morgan fingerprint density at radius 3 is 2.57 bits per heavy atom. The van der Waals surface area contributed by atoms with Gasteiger partial charge in [0, 0.05) is 13.1 Å². The normalized spacial score (nSPS) is 11.1. The van der Waals surface area contributed by atoms with E-state index in [2.05, 4.69) is 43.3 Å². The molecule has 2 aromatic heterocycles. The number of amides is 1. The molecule has 4 aromatic rings. The largest absolute Gasteiger partial charge is 0.354 e. The fourth-order valence-electron chi connectivity index (χ4n) is 3.38. The molecule has 0 saturated heterocycles. The second-order valence-corrected chi connectivity index (χ2v) is 7.98. The Kier molecular flexibility index (Phi) is 6.13. The van der Waals surface area contributed by atoms with Crippen molar-refractivity contribution in [1.82, 2.24) is 29.6 Å². The van der Waals surface area contributed by atoms with Gasteiger partial charge >= 0.3 is 0 Å². The van der Waals surface area contributed by atoms with Crippen LogP contribution in [0, 0.1) is 13.8 Å². The molecular formula is C22H24N6OS. The van der Waals surface area contributed by atoms with E-state index in [1.54, 1.807) is 0 Å². The van der Waals surface area contributed by atoms with E-state index in [-0.39, 0.29) is 5.91 Å². The number of carbonyl (C=O) groups is 1. The Morgan fingerprint density at radius 2 is 1.73 bits per heavy atom. The summed E-state index contributed by atoms with van der Waals surface area (Å²) >= 11 is 1.41. The quantitative estimate of drug-likeness (QED) is 0.443. The first-order chi connectivity index (χ1) is 14.6. The molecule has 30 heavy (non-hydrogen) atoms. The molecule has 0 atom stereocenters. The molecule has 0 saturated carbocycles. The first-order valence-electron chi connectivity index (χ1n) is 9.87. The molecule has 0 aliphatic carbocycles. The molecule has 0 fully saturated rings. The summed E-state index contributed by atoms with van der Waals surface area (Å²) in [5, 5.41) is 12.2. The Hall–Kier alpha value is -3.13. The van der Waals surface area contributed by atoms with Crippen molar-refractivity contribution in [2.75, 3.05) is 12.3 Å². The van der Waals surface area contributed by atoms with E-state index in [0.717, 1.165) is 27.8 Å². The fourth-order valence-corrected chi connectivity index (χ4v) is 4.20. The van der Waals surface area contributed by atoms with Gasteiger partial charge < -0.3 is 14.5 Å². The van der Waals surface area contributed by atoms with E-state index >= 15 is 0 Å². The molecule has 1 amide bonds. The third-order valence-electron chi connectivity index (χ3n) is 4.92. The second-order valence-electron chi connectivity index (χ2n) is 7.04. The van der Waals surface area contributed by atoms with Gasteiger partial charge in [0.2, 0.25) is 5.91 Å². The molecule has 4 rings (SSSR count). The van der Waals surface area contributed by atoms with E-state index in [9.17, 15) is 4.79 Å². The van der Waals surface area contributed by atoms with Crippen molar-refractivity contribution in [2.45, 2.75) is 32.1 Å². The lowest BCUT2D eigenvalue weighted by atomic mass is 10.2. The van der Waals surface area contributed by atoms with E-state index in [4.69, 9.17) is 0 Å². The number of aryl methyl sites for hydroxylation is 2. The zero-order chi connectivity index (χ0) is 20.9. The summed E-state index contributed by atoms with van der Waals surface area (Å²) in [5.41, 5.74) is 3.24. The standard InChI is InChI=1S/C22H24N6OS/c1-16-24-19-10-6-7-11-20(19)27(16)13-12-23-21(29)15-30-22-26-25-17(2)28(22)14-18-8-4-3-5-9-18/h3-11H,12-15H2,1-2H3,(H,23,29). The number of hydrogen-bond acceptors (Lipinski definition) is 5. The van der Waals surface area contributed by atoms with Gasteiger partial charge in [-0.15, -0.1) is 10.2 Å². The van der Waals surface area contributed by atoms with E-state index in [1.165, 1.54) is 17.3 Å². The first kappa shape index (κ1) is 20.2. The van der Waals surface area contributed by atoms with Crippen LogP contribution in [0.3, 0.4) is 0 Å². The average molecular weight is 421 g/mol. The number of fused-ring (bicyclic) bond motifs is 1. The molecule has 0 aliphatic rings. The summed E-state index contributed by atoms with van der Waals surface area (Å²) in [4.78, 5) is 16.9. The van der Waals surface area contributed by atoms with Crippen LogP contribution < -0.4 is 5.32 Å². The zero-order valence-electron chi connectivity index (χ0n) is 17.1. The number of para-hydroxylation sites is 2. The summed E-state index contributed by atoms with van der Waals surface area (Å²) in [6.45, 7) is 5.84. The van der Waals surface area contributed by atoms with Crippen LogP contribution in [0.5, 0.6) is 0 Å². The molecule has 1 N–H and O–H groups in total. The molecule has 2 heterocycles. The SMILES string of the molecule is Cc1nnc(SCC(=O)NCCn2c(C)nc3ccccc32)n1Cc1ccccc1. The highest BCUT2D eigenvalue weighted by molar-refractivity contribution is 7.99. The van der Waals surface area contributed by atoms with Crippen LogP contribution in [0.2, 0.25) is 0 Å². The lowest BCUT2D eigenvalue weighted by molar-refractivity contribution is -0.118. The van der Waals surface area contributed by atoms with Crippen LogP contribution in [0.25, 0.3) is 11.0 Å². The van der Waals surface area contributed by atoms with E-state index in [0.29, 0.717) is 25.4 Å². The van der Waals surface area contributed by atoms with Crippen LogP contribution in [-0.4, -0.2) is 42.5 Å². The molecule has 0 bridgehead atoms. The summed E-state index contributed by atoms with van der Waals surface area (Å²) in [6, 6.07) is 18.2. The van der Waals surface area contributed by atoms with Gasteiger partial charge in [0.15, 0.2) is 5.16 Å². The minimum atomic E-state index is -0.0195. The van der Waals surface area contributed by atoms with Gasteiger partial charge in [-0.2, -0.15) is 0 Å². The Bertz CT molecular complexity index is 1150. The topological polar surface area (TPSA) is 77.6 Å². The average Bonchev–Trinajstić information content (AvgIpc) is 3.26. The lowest BCUT2D eigenvalue weighted by Gasteiger charge is -2.10. The summed E-state index contributed by atoms with van der Waals surface area (Å²) in [6.07, 6.45) is 0. The fraction of sp³-hybridized carbons (Fsp3) is 0.273. The molecule has 0 aliphatic heterocycles. The molecule has 0 spiro atoms. The lowest BCUT2D eigenvalue weighted by Crippen LogP contribution is -2.29. The van der Waals surface area contributed by atoms with Crippen molar-refractivity contribution in [3.63, 3.8) is 0 Å². The number of imidazole rings is 1. The number of carbonyl (C=O) groups excluding carboxylic acids is 1. The van der Waals surface area contributed by atoms with E-state index < -0.39 is 0 Å². The number of benzene rings is 2. The number of thioether (sulfide) groups is 1. The van der Waals surface area contributed by atoms with Crippen LogP contribution in [0.15, 0.2) is 59.8 Å². The summed E-state index contributed by atoms with van der Waals surface area (Å²) < 4.78 is 4.16. The smallest absolute Gasteiger partial charge is 0.230 e. The molecule has 2 aromatic carbocycles. The Balaban J connectivity index is 1.31. The molecule has 154 valence electrons.